The molecule has 2 aliphatic carbocycles. The first kappa shape index (κ1) is 23.2. The van der Waals surface area contributed by atoms with Crippen LogP contribution in [-0.2, 0) is 21.1 Å². The standard InChI is InChI=1S/C12H22N2O2.C7H15N.Pt/c15-11-7-3-1-5-9(11)13-14-10-6-2-4-8-12(10)16;1-2-7-3-5-8-6-4-7;/h9-12,15-16H,1-8H2;7-8H,2-6H2,1H3;. The Balaban J connectivity index is 0.000000295. The molecule has 3 rings (SSSR count). The quantitative estimate of drug-likeness (QED) is 0.486. The zero-order valence-corrected chi connectivity index (χ0v) is 18.0. The van der Waals surface area contributed by atoms with Crippen LogP contribution < -0.4 is 5.32 Å². The van der Waals surface area contributed by atoms with Gasteiger partial charge in [-0.05, 0) is 57.5 Å². The number of aliphatic hydroxyl groups excluding tert-OH is 2. The molecule has 0 aromatic rings. The van der Waals surface area contributed by atoms with Gasteiger partial charge in [0, 0.05) is 21.1 Å². The van der Waals surface area contributed by atoms with Crippen LogP contribution >= 0.6 is 0 Å². The van der Waals surface area contributed by atoms with E-state index in [1.165, 1.54) is 32.4 Å². The number of piperidine rings is 1. The predicted molar refractivity (Wildman–Crippen MR) is 97.3 cm³/mol. The van der Waals surface area contributed by atoms with Gasteiger partial charge in [-0.15, -0.1) is 0 Å². The van der Waals surface area contributed by atoms with Gasteiger partial charge in [-0.3, -0.25) is 0 Å². The van der Waals surface area contributed by atoms with Crippen molar-refractivity contribution in [2.24, 2.45) is 16.1 Å². The van der Waals surface area contributed by atoms with Gasteiger partial charge in [0.2, 0.25) is 0 Å². The Hall–Kier alpha value is 0.168. The smallest absolute Gasteiger partial charge is 0.0966 e. The van der Waals surface area contributed by atoms with Gasteiger partial charge in [0.25, 0.3) is 0 Å². The molecule has 3 aliphatic rings. The summed E-state index contributed by atoms with van der Waals surface area (Å²) >= 11 is 0. The molecule has 1 heterocycles. The maximum atomic E-state index is 9.75. The first-order valence-corrected chi connectivity index (χ1v) is 10.2. The molecular formula is C19H37N3O2Pt. The van der Waals surface area contributed by atoms with Crippen LogP contribution in [0.2, 0.25) is 0 Å². The van der Waals surface area contributed by atoms with Gasteiger partial charge in [0.1, 0.15) is 0 Å². The predicted octanol–water partition coefficient (Wildman–Crippen LogP) is 3.44. The summed E-state index contributed by atoms with van der Waals surface area (Å²) in [7, 11) is 0. The summed E-state index contributed by atoms with van der Waals surface area (Å²) in [6.07, 6.45) is 11.6. The molecule has 4 atom stereocenters. The second kappa shape index (κ2) is 13.4. The van der Waals surface area contributed by atoms with Crippen LogP contribution in [0.15, 0.2) is 10.2 Å². The van der Waals surface area contributed by atoms with Crippen molar-refractivity contribution in [3.8, 4) is 0 Å². The van der Waals surface area contributed by atoms with Crippen molar-refractivity contribution < 1.29 is 31.3 Å². The Morgan fingerprint density at radius 3 is 1.56 bits per heavy atom. The summed E-state index contributed by atoms with van der Waals surface area (Å²) in [6, 6.07) is -0.0502. The molecule has 25 heavy (non-hydrogen) atoms. The second-order valence-corrected chi connectivity index (χ2v) is 7.67. The molecule has 6 heteroatoms. The fourth-order valence-corrected chi connectivity index (χ4v) is 3.91. The van der Waals surface area contributed by atoms with E-state index in [0.29, 0.717) is 0 Å². The van der Waals surface area contributed by atoms with Gasteiger partial charge in [-0.2, -0.15) is 10.2 Å². The molecule has 150 valence electrons. The Bertz CT molecular complexity index is 341. The summed E-state index contributed by atoms with van der Waals surface area (Å²) in [5, 5.41) is 31.4. The third-order valence-corrected chi connectivity index (χ3v) is 5.79. The monoisotopic (exact) mass is 534 g/mol. The molecule has 5 nitrogen and oxygen atoms in total. The van der Waals surface area contributed by atoms with Crippen LogP contribution in [0, 0.1) is 5.92 Å². The van der Waals surface area contributed by atoms with E-state index in [9.17, 15) is 10.2 Å². The van der Waals surface area contributed by atoms with Crippen LogP contribution in [0.25, 0.3) is 0 Å². The van der Waals surface area contributed by atoms with Gasteiger partial charge >= 0.3 is 0 Å². The minimum absolute atomic E-state index is 0. The van der Waals surface area contributed by atoms with Gasteiger partial charge in [0.05, 0.1) is 24.3 Å². The summed E-state index contributed by atoms with van der Waals surface area (Å²) in [5.41, 5.74) is 0. The summed E-state index contributed by atoms with van der Waals surface area (Å²) < 4.78 is 0. The van der Waals surface area contributed by atoms with E-state index in [1.807, 2.05) is 0 Å². The van der Waals surface area contributed by atoms with Crippen LogP contribution in [-0.4, -0.2) is 47.6 Å². The largest absolute Gasteiger partial charge is 0.391 e. The molecule has 2 saturated carbocycles. The molecule has 0 aromatic heterocycles. The Kier molecular flexibility index (Phi) is 12.4. The van der Waals surface area contributed by atoms with E-state index in [0.717, 1.165) is 57.3 Å². The van der Waals surface area contributed by atoms with Crippen molar-refractivity contribution in [1.29, 1.82) is 0 Å². The number of rotatable bonds is 3. The molecule has 1 aliphatic heterocycles. The number of nitrogens with one attached hydrogen (secondary N) is 1. The number of hydrogen-bond acceptors (Lipinski definition) is 5. The number of hydrogen-bond donors (Lipinski definition) is 3. The average Bonchev–Trinajstić information content (AvgIpc) is 2.63. The molecule has 1 saturated heterocycles. The third kappa shape index (κ3) is 8.60. The van der Waals surface area contributed by atoms with E-state index in [2.05, 4.69) is 22.5 Å². The molecule has 3 fully saturated rings. The normalized spacial score (nSPS) is 34.0. The average molecular weight is 535 g/mol. The summed E-state index contributed by atoms with van der Waals surface area (Å²) in [6.45, 7) is 4.78. The summed E-state index contributed by atoms with van der Waals surface area (Å²) in [4.78, 5) is 0. The maximum absolute atomic E-state index is 9.75. The zero-order chi connectivity index (χ0) is 17.2. The fraction of sp³-hybridized carbons (Fsp3) is 1.00. The molecule has 0 spiro atoms. The van der Waals surface area contributed by atoms with Crippen LogP contribution in [0.3, 0.4) is 0 Å². The van der Waals surface area contributed by atoms with Crippen molar-refractivity contribution >= 4 is 0 Å². The third-order valence-electron chi connectivity index (χ3n) is 5.79. The second-order valence-electron chi connectivity index (χ2n) is 7.67. The Morgan fingerprint density at radius 1 is 0.760 bits per heavy atom. The van der Waals surface area contributed by atoms with Crippen molar-refractivity contribution in [1.82, 2.24) is 5.32 Å². The van der Waals surface area contributed by atoms with Gasteiger partial charge in [-0.25, -0.2) is 0 Å². The van der Waals surface area contributed by atoms with E-state index < -0.39 is 0 Å². The van der Waals surface area contributed by atoms with E-state index >= 15 is 0 Å². The fourth-order valence-electron chi connectivity index (χ4n) is 3.91. The minimum atomic E-state index is -0.321. The van der Waals surface area contributed by atoms with E-state index in [-0.39, 0.29) is 45.4 Å². The van der Waals surface area contributed by atoms with E-state index in [1.54, 1.807) is 0 Å². The molecule has 0 aromatic carbocycles. The van der Waals surface area contributed by atoms with Crippen LogP contribution in [0.5, 0.6) is 0 Å². The topological polar surface area (TPSA) is 77.2 Å². The Morgan fingerprint density at radius 2 is 1.20 bits per heavy atom. The molecule has 4 unspecified atom stereocenters. The van der Waals surface area contributed by atoms with Crippen molar-refractivity contribution in [3.05, 3.63) is 0 Å². The van der Waals surface area contributed by atoms with Gasteiger partial charge < -0.3 is 15.5 Å². The first-order valence-electron chi connectivity index (χ1n) is 10.2. The van der Waals surface area contributed by atoms with Gasteiger partial charge in [0.15, 0.2) is 0 Å². The molecule has 0 radical (unpaired) electrons. The van der Waals surface area contributed by atoms with E-state index in [4.69, 9.17) is 0 Å². The minimum Gasteiger partial charge on any atom is -0.391 e. The first-order chi connectivity index (χ1) is 11.7. The zero-order valence-electron chi connectivity index (χ0n) is 15.7. The van der Waals surface area contributed by atoms with Crippen molar-refractivity contribution in [2.75, 3.05) is 13.1 Å². The number of aliphatic hydroxyl groups is 2. The molecule has 0 amide bonds. The molecule has 3 N–H and O–H groups in total. The van der Waals surface area contributed by atoms with Gasteiger partial charge in [-0.1, -0.05) is 39.0 Å². The Labute approximate surface area is 167 Å². The number of nitrogens with zero attached hydrogens (tertiary/aromatic N) is 2. The molecular weight excluding hydrogens is 497 g/mol. The van der Waals surface area contributed by atoms with Crippen LogP contribution in [0.1, 0.15) is 77.6 Å². The summed E-state index contributed by atoms with van der Waals surface area (Å²) in [5.74, 6) is 1.02. The van der Waals surface area contributed by atoms with Crippen molar-refractivity contribution in [3.63, 3.8) is 0 Å². The number of azo groups is 1. The van der Waals surface area contributed by atoms with Crippen molar-refractivity contribution in [2.45, 2.75) is 102 Å². The van der Waals surface area contributed by atoms with Crippen LogP contribution in [0.4, 0.5) is 0 Å². The molecule has 0 bridgehead atoms. The SMILES string of the molecule is CCC1CCNCC1.OC1CCCCC1N=NC1CCCCC1O.[Pt]. The maximum Gasteiger partial charge on any atom is 0.0966 e.